The maximum absolute atomic E-state index is 10.0. The quantitative estimate of drug-likeness (QED) is 0.393. The van der Waals surface area contributed by atoms with E-state index in [1.54, 1.807) is 0 Å². The first kappa shape index (κ1) is 8.94. The van der Waals surface area contributed by atoms with Crippen molar-refractivity contribution in [3.63, 3.8) is 0 Å². The lowest BCUT2D eigenvalue weighted by atomic mass is 10.2. The van der Waals surface area contributed by atoms with Gasteiger partial charge < -0.3 is 4.74 Å². The fourth-order valence-corrected chi connectivity index (χ4v) is 0.519. The maximum atomic E-state index is 10.0. The van der Waals surface area contributed by atoms with E-state index in [4.69, 9.17) is 5.73 Å². The second-order valence-corrected chi connectivity index (χ2v) is 1.85. The minimum atomic E-state index is -0.564. The van der Waals surface area contributed by atoms with Gasteiger partial charge >= 0.3 is 0 Å². The molecule has 0 bridgehead atoms. The van der Waals surface area contributed by atoms with E-state index in [-0.39, 0.29) is 6.42 Å². The Hall–Kier alpha value is -1.06. The molecule has 4 heteroatoms. The molecular weight excluding hydrogens is 134 g/mol. The molecule has 0 aliphatic heterocycles. The second kappa shape index (κ2) is 6.07. The van der Waals surface area contributed by atoms with Crippen LogP contribution < -0.4 is 5.73 Å². The molecule has 0 heterocycles. The summed E-state index contributed by atoms with van der Waals surface area (Å²) in [6, 6.07) is 0. The summed E-state index contributed by atoms with van der Waals surface area (Å²) in [7, 11) is 0. The average Bonchev–Trinajstić information content (AvgIpc) is 1.87. The van der Waals surface area contributed by atoms with Crippen LogP contribution in [0.1, 0.15) is 19.3 Å². The van der Waals surface area contributed by atoms with Gasteiger partial charge in [-0.1, -0.05) is 0 Å². The molecule has 0 unspecified atom stereocenters. The second-order valence-electron chi connectivity index (χ2n) is 1.85. The molecule has 1 amide bonds. The van der Waals surface area contributed by atoms with Crippen LogP contribution in [0.15, 0.2) is 0 Å². The zero-order valence-electron chi connectivity index (χ0n) is 5.63. The predicted molar refractivity (Wildman–Crippen MR) is 34.0 cm³/mol. The van der Waals surface area contributed by atoms with E-state index in [1.165, 1.54) is 0 Å². The molecule has 0 aromatic heterocycles. The fraction of sp³-hybridized carbons (Fsp3) is 0.667. The first-order valence-corrected chi connectivity index (χ1v) is 3.07. The van der Waals surface area contributed by atoms with Crippen molar-refractivity contribution in [3.8, 4) is 0 Å². The van der Waals surface area contributed by atoms with Crippen molar-refractivity contribution in [2.75, 3.05) is 6.61 Å². The van der Waals surface area contributed by atoms with Crippen molar-refractivity contribution in [1.82, 2.24) is 5.73 Å². The third kappa shape index (κ3) is 6.94. The lowest BCUT2D eigenvalue weighted by Gasteiger charge is -1.95. The number of hydrogen-bond acceptors (Lipinski definition) is 3. The first-order chi connectivity index (χ1) is 4.77. The summed E-state index contributed by atoms with van der Waals surface area (Å²) in [5, 5.41) is 0. The summed E-state index contributed by atoms with van der Waals surface area (Å²) >= 11 is 0. The first-order valence-electron chi connectivity index (χ1n) is 3.07. The van der Waals surface area contributed by atoms with Crippen LogP contribution in [-0.4, -0.2) is 19.0 Å². The highest BCUT2D eigenvalue weighted by atomic mass is 16.5. The summed E-state index contributed by atoms with van der Waals surface area (Å²) in [5.74, 6) is -0.564. The zero-order chi connectivity index (χ0) is 7.82. The molecule has 0 rings (SSSR count). The molecule has 0 atom stereocenters. The molecular formula is C6H10NO3. The number of hydrogen-bond donors (Lipinski definition) is 0. The molecule has 0 saturated heterocycles. The summed E-state index contributed by atoms with van der Waals surface area (Å²) < 4.78 is 4.36. The van der Waals surface area contributed by atoms with Gasteiger partial charge in [-0.15, -0.1) is 0 Å². The van der Waals surface area contributed by atoms with Crippen LogP contribution in [0, 0.1) is 0 Å². The number of carbonyl (C=O) groups is 2. The van der Waals surface area contributed by atoms with E-state index in [2.05, 4.69) is 4.74 Å². The monoisotopic (exact) mass is 144 g/mol. The van der Waals surface area contributed by atoms with Gasteiger partial charge in [0.05, 0.1) is 6.61 Å². The van der Waals surface area contributed by atoms with E-state index >= 15 is 0 Å². The van der Waals surface area contributed by atoms with Crippen LogP contribution in [0.3, 0.4) is 0 Å². The van der Waals surface area contributed by atoms with Crippen LogP contribution >= 0.6 is 0 Å². The van der Waals surface area contributed by atoms with Gasteiger partial charge in [0.2, 0.25) is 5.91 Å². The normalized spacial score (nSPS) is 8.80. The smallest absolute Gasteiger partial charge is 0.293 e. The minimum Gasteiger partial charge on any atom is -0.468 e. The van der Waals surface area contributed by atoms with Gasteiger partial charge in [0.15, 0.2) is 0 Å². The molecule has 0 aromatic carbocycles. The highest BCUT2D eigenvalue weighted by Gasteiger charge is 1.93. The molecule has 4 nitrogen and oxygen atoms in total. The number of ether oxygens (including phenoxy) is 1. The fourth-order valence-electron chi connectivity index (χ4n) is 0.519. The Morgan fingerprint density at radius 3 is 2.70 bits per heavy atom. The molecule has 0 saturated carbocycles. The van der Waals surface area contributed by atoms with Crippen molar-refractivity contribution < 1.29 is 14.3 Å². The van der Waals surface area contributed by atoms with E-state index in [0.717, 1.165) is 0 Å². The SMILES string of the molecule is [NH]C(=O)CCCCOC=O. The molecule has 0 aliphatic carbocycles. The van der Waals surface area contributed by atoms with Crippen molar-refractivity contribution in [3.05, 3.63) is 0 Å². The van der Waals surface area contributed by atoms with Crippen LogP contribution in [0.2, 0.25) is 0 Å². The topological polar surface area (TPSA) is 67.2 Å². The van der Waals surface area contributed by atoms with Crippen LogP contribution in [0.5, 0.6) is 0 Å². The van der Waals surface area contributed by atoms with Crippen molar-refractivity contribution in [2.24, 2.45) is 0 Å². The number of nitrogens with one attached hydrogen (secondary N) is 1. The van der Waals surface area contributed by atoms with Crippen molar-refractivity contribution in [1.29, 1.82) is 0 Å². The van der Waals surface area contributed by atoms with Crippen LogP contribution in [0.25, 0.3) is 0 Å². The Balaban J connectivity index is 2.90. The molecule has 0 aromatic rings. The molecule has 1 N–H and O–H groups in total. The van der Waals surface area contributed by atoms with Gasteiger partial charge in [0.1, 0.15) is 0 Å². The summed E-state index contributed by atoms with van der Waals surface area (Å²) in [4.78, 5) is 19.6. The molecule has 57 valence electrons. The number of amides is 1. The number of unbranched alkanes of at least 4 members (excludes halogenated alkanes) is 1. The van der Waals surface area contributed by atoms with E-state index in [0.29, 0.717) is 25.9 Å². The third-order valence-corrected chi connectivity index (χ3v) is 0.984. The van der Waals surface area contributed by atoms with Gasteiger partial charge in [0, 0.05) is 6.42 Å². The molecule has 10 heavy (non-hydrogen) atoms. The van der Waals surface area contributed by atoms with Crippen LogP contribution in [0.4, 0.5) is 0 Å². The maximum Gasteiger partial charge on any atom is 0.293 e. The van der Waals surface area contributed by atoms with E-state index in [9.17, 15) is 9.59 Å². The lowest BCUT2D eigenvalue weighted by molar-refractivity contribution is -0.128. The van der Waals surface area contributed by atoms with Gasteiger partial charge in [-0.2, -0.15) is 0 Å². The molecule has 0 aliphatic rings. The van der Waals surface area contributed by atoms with Gasteiger partial charge in [0.25, 0.3) is 6.47 Å². The number of carbonyl (C=O) groups excluding carboxylic acids is 2. The van der Waals surface area contributed by atoms with Gasteiger partial charge in [-0.3, -0.25) is 15.3 Å². The highest BCUT2D eigenvalue weighted by molar-refractivity contribution is 5.72. The van der Waals surface area contributed by atoms with E-state index in [1.807, 2.05) is 0 Å². The van der Waals surface area contributed by atoms with Crippen molar-refractivity contribution in [2.45, 2.75) is 19.3 Å². The Morgan fingerprint density at radius 2 is 2.20 bits per heavy atom. The average molecular weight is 144 g/mol. The van der Waals surface area contributed by atoms with Gasteiger partial charge in [-0.05, 0) is 12.8 Å². The Labute approximate surface area is 59.3 Å². The minimum absolute atomic E-state index is 0.252. The van der Waals surface area contributed by atoms with Gasteiger partial charge in [-0.25, -0.2) is 0 Å². The third-order valence-electron chi connectivity index (χ3n) is 0.984. The summed E-state index contributed by atoms with van der Waals surface area (Å²) in [6.07, 6.45) is 1.53. The summed E-state index contributed by atoms with van der Waals surface area (Å²) in [5.41, 5.74) is 6.51. The Bertz CT molecular complexity index is 114. The summed E-state index contributed by atoms with van der Waals surface area (Å²) in [6.45, 7) is 0.722. The standard InChI is InChI=1S/C6H10NO3/c7-6(9)3-1-2-4-10-5-8/h5,7H,1-4H2. The van der Waals surface area contributed by atoms with Crippen molar-refractivity contribution >= 4 is 12.4 Å². The van der Waals surface area contributed by atoms with Crippen LogP contribution in [-0.2, 0) is 14.3 Å². The molecule has 1 radical (unpaired) electrons. The number of rotatable bonds is 6. The molecule has 0 fully saturated rings. The van der Waals surface area contributed by atoms with E-state index < -0.39 is 5.91 Å². The predicted octanol–water partition coefficient (Wildman–Crippen LogP) is 0.139. The Morgan fingerprint density at radius 1 is 1.50 bits per heavy atom. The highest BCUT2D eigenvalue weighted by Crippen LogP contribution is 1.93. The Kier molecular flexibility index (Phi) is 5.42. The largest absolute Gasteiger partial charge is 0.468 e. The lowest BCUT2D eigenvalue weighted by Crippen LogP contribution is -1.98. The molecule has 0 spiro atoms. The zero-order valence-corrected chi connectivity index (χ0v) is 5.63.